The van der Waals surface area contributed by atoms with Crippen LogP contribution in [0.15, 0.2) is 12.1 Å². The Morgan fingerprint density at radius 3 is 2.83 bits per heavy atom. The predicted octanol–water partition coefficient (Wildman–Crippen LogP) is 4.68. The standard InChI is InChI=1S/C20H26O3/c1-4-8-20-9-6-5-7-16(20)19-14(3)13(2)17(10-15(19)11-20)23-12-18(21)22/h7,10H,4-6,8-9,11-12H2,1-3H3,(H,21,22). The van der Waals surface area contributed by atoms with Gasteiger partial charge in [0.2, 0.25) is 0 Å². The minimum absolute atomic E-state index is 0.276. The third-order valence-corrected chi connectivity index (χ3v) is 5.59. The molecule has 1 aromatic rings. The first-order valence-electron chi connectivity index (χ1n) is 8.67. The molecule has 0 saturated carbocycles. The lowest BCUT2D eigenvalue weighted by atomic mass is 9.70. The Kier molecular flexibility index (Phi) is 4.22. The van der Waals surface area contributed by atoms with Crippen LogP contribution in [0, 0.1) is 19.3 Å². The number of hydrogen-bond donors (Lipinski definition) is 1. The lowest BCUT2D eigenvalue weighted by Gasteiger charge is -2.34. The Bertz CT molecular complexity index is 672. The number of benzene rings is 1. The second kappa shape index (κ2) is 6.03. The Balaban J connectivity index is 2.05. The number of allylic oxidation sites excluding steroid dienone is 2. The fourth-order valence-electron chi connectivity index (χ4n) is 4.54. The molecular formula is C20H26O3. The fraction of sp³-hybridized carbons (Fsp3) is 0.550. The zero-order chi connectivity index (χ0) is 16.6. The van der Waals surface area contributed by atoms with E-state index < -0.39 is 5.97 Å². The number of aliphatic carboxylic acids is 1. The van der Waals surface area contributed by atoms with Gasteiger partial charge in [-0.15, -0.1) is 0 Å². The van der Waals surface area contributed by atoms with E-state index >= 15 is 0 Å². The summed E-state index contributed by atoms with van der Waals surface area (Å²) in [5.74, 6) is -0.198. The van der Waals surface area contributed by atoms with Crippen molar-refractivity contribution >= 4 is 11.5 Å². The van der Waals surface area contributed by atoms with Gasteiger partial charge < -0.3 is 9.84 Å². The monoisotopic (exact) mass is 314 g/mol. The summed E-state index contributed by atoms with van der Waals surface area (Å²) in [6.07, 6.45) is 9.68. The summed E-state index contributed by atoms with van der Waals surface area (Å²) in [5, 5.41) is 8.87. The Hall–Kier alpha value is -1.77. The molecule has 0 heterocycles. The number of carboxylic acids is 1. The van der Waals surface area contributed by atoms with Gasteiger partial charge in [-0.1, -0.05) is 19.4 Å². The van der Waals surface area contributed by atoms with Gasteiger partial charge in [0.05, 0.1) is 0 Å². The maximum Gasteiger partial charge on any atom is 0.341 e. The lowest BCUT2D eigenvalue weighted by Crippen LogP contribution is -2.22. The van der Waals surface area contributed by atoms with Gasteiger partial charge in [0, 0.05) is 0 Å². The van der Waals surface area contributed by atoms with E-state index in [0.29, 0.717) is 5.41 Å². The maximum absolute atomic E-state index is 10.8. The molecule has 1 atom stereocenters. The Morgan fingerprint density at radius 1 is 1.35 bits per heavy atom. The number of fused-ring (bicyclic) bond motifs is 3. The molecule has 2 aliphatic carbocycles. The van der Waals surface area contributed by atoms with Crippen LogP contribution in [0.2, 0.25) is 0 Å². The molecule has 0 radical (unpaired) electrons. The van der Waals surface area contributed by atoms with Crippen molar-refractivity contribution in [2.24, 2.45) is 5.41 Å². The quantitative estimate of drug-likeness (QED) is 0.858. The number of carbonyl (C=O) groups is 1. The van der Waals surface area contributed by atoms with E-state index in [-0.39, 0.29) is 6.61 Å². The summed E-state index contributed by atoms with van der Waals surface area (Å²) in [6, 6.07) is 2.09. The van der Waals surface area contributed by atoms with Gasteiger partial charge in [-0.25, -0.2) is 4.79 Å². The van der Waals surface area contributed by atoms with E-state index in [0.717, 1.165) is 17.7 Å². The van der Waals surface area contributed by atoms with Crippen LogP contribution in [0.25, 0.3) is 5.57 Å². The van der Waals surface area contributed by atoms with Crippen molar-refractivity contribution in [2.75, 3.05) is 6.61 Å². The molecule has 0 amide bonds. The summed E-state index contributed by atoms with van der Waals surface area (Å²) in [4.78, 5) is 10.8. The first-order valence-corrected chi connectivity index (χ1v) is 8.67. The Labute approximate surface area is 138 Å². The molecule has 1 aromatic carbocycles. The van der Waals surface area contributed by atoms with Gasteiger partial charge in [0.15, 0.2) is 6.61 Å². The molecule has 3 nitrogen and oxygen atoms in total. The SMILES string of the molecule is CCCC12CCCC=C1c1c(cc(OCC(=O)O)c(C)c1C)C2. The van der Waals surface area contributed by atoms with E-state index in [1.807, 2.05) is 6.92 Å². The van der Waals surface area contributed by atoms with Crippen LogP contribution in [0.4, 0.5) is 0 Å². The fourth-order valence-corrected chi connectivity index (χ4v) is 4.54. The van der Waals surface area contributed by atoms with E-state index in [1.54, 1.807) is 5.57 Å². The van der Waals surface area contributed by atoms with Crippen molar-refractivity contribution in [3.63, 3.8) is 0 Å². The normalized spacial score (nSPS) is 22.3. The molecule has 124 valence electrons. The van der Waals surface area contributed by atoms with E-state index in [9.17, 15) is 4.79 Å². The highest BCUT2D eigenvalue weighted by atomic mass is 16.5. The molecule has 1 unspecified atom stereocenters. The smallest absolute Gasteiger partial charge is 0.341 e. The Morgan fingerprint density at radius 2 is 2.13 bits per heavy atom. The van der Waals surface area contributed by atoms with Crippen LogP contribution in [-0.2, 0) is 11.2 Å². The third kappa shape index (κ3) is 2.66. The van der Waals surface area contributed by atoms with Crippen LogP contribution in [0.1, 0.15) is 61.3 Å². The third-order valence-electron chi connectivity index (χ3n) is 5.59. The van der Waals surface area contributed by atoms with Crippen molar-refractivity contribution in [1.82, 2.24) is 0 Å². The molecule has 0 aliphatic heterocycles. The van der Waals surface area contributed by atoms with Crippen LogP contribution in [0.3, 0.4) is 0 Å². The highest BCUT2D eigenvalue weighted by Gasteiger charge is 2.43. The van der Waals surface area contributed by atoms with Gasteiger partial charge in [0.25, 0.3) is 0 Å². The van der Waals surface area contributed by atoms with Crippen molar-refractivity contribution < 1.29 is 14.6 Å². The zero-order valence-corrected chi connectivity index (χ0v) is 14.4. The number of carboxylic acid groups (broad SMARTS) is 1. The van der Waals surface area contributed by atoms with Crippen LogP contribution in [-0.4, -0.2) is 17.7 Å². The van der Waals surface area contributed by atoms with E-state index in [4.69, 9.17) is 9.84 Å². The van der Waals surface area contributed by atoms with Crippen molar-refractivity contribution in [1.29, 1.82) is 0 Å². The molecule has 0 bridgehead atoms. The number of ether oxygens (including phenoxy) is 1. The second-order valence-electron chi connectivity index (χ2n) is 7.06. The molecular weight excluding hydrogens is 288 g/mol. The van der Waals surface area contributed by atoms with Crippen LogP contribution < -0.4 is 4.74 Å². The van der Waals surface area contributed by atoms with Crippen molar-refractivity contribution in [2.45, 2.75) is 59.3 Å². The van der Waals surface area contributed by atoms with Crippen molar-refractivity contribution in [3.05, 3.63) is 34.4 Å². The van der Waals surface area contributed by atoms with Crippen molar-refractivity contribution in [3.8, 4) is 5.75 Å². The van der Waals surface area contributed by atoms with Gasteiger partial charge in [-0.2, -0.15) is 0 Å². The van der Waals surface area contributed by atoms with Crippen LogP contribution in [0.5, 0.6) is 5.75 Å². The van der Waals surface area contributed by atoms with Gasteiger partial charge in [-0.05, 0) is 85.3 Å². The highest BCUT2D eigenvalue weighted by molar-refractivity contribution is 5.81. The maximum atomic E-state index is 10.8. The molecule has 3 rings (SSSR count). The number of rotatable bonds is 5. The zero-order valence-electron chi connectivity index (χ0n) is 14.4. The average Bonchev–Trinajstić information content (AvgIpc) is 2.83. The largest absolute Gasteiger partial charge is 0.482 e. The minimum Gasteiger partial charge on any atom is -0.482 e. The van der Waals surface area contributed by atoms with E-state index in [2.05, 4.69) is 26.0 Å². The molecule has 0 fully saturated rings. The first kappa shape index (κ1) is 16.1. The van der Waals surface area contributed by atoms with E-state index in [1.165, 1.54) is 48.8 Å². The molecule has 3 heteroatoms. The molecule has 0 saturated heterocycles. The number of hydrogen-bond acceptors (Lipinski definition) is 2. The molecule has 2 aliphatic rings. The summed E-state index contributed by atoms with van der Waals surface area (Å²) in [7, 11) is 0. The summed E-state index contributed by atoms with van der Waals surface area (Å²) in [6.45, 7) is 6.18. The van der Waals surface area contributed by atoms with Gasteiger partial charge in [-0.3, -0.25) is 0 Å². The van der Waals surface area contributed by atoms with Gasteiger partial charge >= 0.3 is 5.97 Å². The van der Waals surface area contributed by atoms with Gasteiger partial charge in [0.1, 0.15) is 5.75 Å². The lowest BCUT2D eigenvalue weighted by molar-refractivity contribution is -0.139. The molecule has 0 spiro atoms. The topological polar surface area (TPSA) is 46.5 Å². The summed E-state index contributed by atoms with van der Waals surface area (Å²) >= 11 is 0. The second-order valence-corrected chi connectivity index (χ2v) is 7.06. The van der Waals surface area contributed by atoms with Crippen LogP contribution >= 0.6 is 0 Å². The predicted molar refractivity (Wildman–Crippen MR) is 91.9 cm³/mol. The first-order chi connectivity index (χ1) is 11.0. The molecule has 1 N–H and O–H groups in total. The average molecular weight is 314 g/mol. The minimum atomic E-state index is -0.929. The summed E-state index contributed by atoms with van der Waals surface area (Å²) < 4.78 is 5.53. The highest BCUT2D eigenvalue weighted by Crippen LogP contribution is 2.56. The molecule has 23 heavy (non-hydrogen) atoms. The summed E-state index contributed by atoms with van der Waals surface area (Å²) in [5.41, 5.74) is 6.94. The molecule has 0 aromatic heterocycles.